The molecule has 0 aliphatic carbocycles. The van der Waals surface area contributed by atoms with Gasteiger partial charge in [-0.1, -0.05) is 36.4 Å². The number of hydrogen-bond donors (Lipinski definition) is 1. The largest absolute Gasteiger partial charge is 0.496 e. The molecule has 0 saturated carbocycles. The summed E-state index contributed by atoms with van der Waals surface area (Å²) in [6.07, 6.45) is 1.07. The molecule has 0 heterocycles. The fourth-order valence-corrected chi connectivity index (χ4v) is 4.45. The first-order chi connectivity index (χ1) is 15.3. The minimum atomic E-state index is -3.72. The Kier molecular flexibility index (Phi) is 7.37. The van der Waals surface area contributed by atoms with Crippen molar-refractivity contribution in [2.75, 3.05) is 17.7 Å². The Hall–Kier alpha value is -3.52. The Bertz CT molecular complexity index is 1150. The van der Waals surface area contributed by atoms with E-state index in [-0.39, 0.29) is 6.54 Å². The van der Waals surface area contributed by atoms with E-state index in [9.17, 15) is 13.2 Å². The number of nitrogens with zero attached hydrogens (tertiary/aromatic N) is 1. The van der Waals surface area contributed by atoms with E-state index in [0.717, 1.165) is 16.1 Å². The van der Waals surface area contributed by atoms with Gasteiger partial charge in [-0.15, -0.1) is 0 Å². The average Bonchev–Trinajstić information content (AvgIpc) is 2.78. The minimum absolute atomic E-state index is 0.217. The summed E-state index contributed by atoms with van der Waals surface area (Å²) >= 11 is 0. The lowest BCUT2D eigenvalue weighted by molar-refractivity contribution is -0.122. The molecular weight excluding hydrogens is 428 g/mol. The molecule has 32 heavy (non-hydrogen) atoms. The summed E-state index contributed by atoms with van der Waals surface area (Å²) in [6.45, 7) is 1.77. The molecule has 0 aromatic heterocycles. The van der Waals surface area contributed by atoms with Gasteiger partial charge in [0, 0.05) is 12.1 Å². The van der Waals surface area contributed by atoms with Gasteiger partial charge in [0.1, 0.15) is 23.3 Å². The van der Waals surface area contributed by atoms with Crippen LogP contribution in [0.4, 0.5) is 5.69 Å². The summed E-state index contributed by atoms with van der Waals surface area (Å²) in [5, 5.41) is 2.79. The van der Waals surface area contributed by atoms with Crippen LogP contribution in [0.3, 0.4) is 0 Å². The Morgan fingerprint density at radius 3 is 2.16 bits per heavy atom. The Morgan fingerprint density at radius 1 is 0.938 bits per heavy atom. The average molecular weight is 455 g/mol. The van der Waals surface area contributed by atoms with Gasteiger partial charge in [0.05, 0.1) is 19.1 Å². The molecule has 0 saturated heterocycles. The topological polar surface area (TPSA) is 84.9 Å². The number of nitrogens with one attached hydrogen (secondary N) is 1. The van der Waals surface area contributed by atoms with Crippen molar-refractivity contribution in [3.8, 4) is 17.2 Å². The van der Waals surface area contributed by atoms with Crippen LogP contribution < -0.4 is 19.1 Å². The maximum Gasteiger partial charge on any atom is 0.243 e. The molecule has 0 spiro atoms. The number of anilines is 1. The molecule has 3 aromatic rings. The molecule has 0 aliphatic rings. The molecule has 8 heteroatoms. The van der Waals surface area contributed by atoms with Crippen LogP contribution in [0.5, 0.6) is 17.2 Å². The number of amides is 1. The molecule has 0 aliphatic heterocycles. The maximum atomic E-state index is 12.8. The van der Waals surface area contributed by atoms with Crippen molar-refractivity contribution in [2.24, 2.45) is 0 Å². The van der Waals surface area contributed by atoms with E-state index in [1.165, 1.54) is 0 Å². The van der Waals surface area contributed by atoms with Crippen molar-refractivity contribution in [2.45, 2.75) is 19.5 Å². The number of methoxy groups -OCH3 is 1. The molecule has 1 amide bonds. The first kappa shape index (κ1) is 23.1. The standard InChI is InChI=1S/C24H26N2O5S/c1-18(24(27)25-17-19-9-7-8-12-23(19)30-2)26(32(3,28)29)20-13-15-22(16-14-20)31-21-10-5-4-6-11-21/h4-16,18H,17H2,1-3H3,(H,25,27)/t18-/m1/s1. The molecule has 3 aromatic carbocycles. The Morgan fingerprint density at radius 2 is 1.53 bits per heavy atom. The lowest BCUT2D eigenvalue weighted by Crippen LogP contribution is -2.47. The fourth-order valence-electron chi connectivity index (χ4n) is 3.27. The van der Waals surface area contributed by atoms with Crippen LogP contribution in [0.25, 0.3) is 0 Å². The maximum absolute atomic E-state index is 12.8. The monoisotopic (exact) mass is 454 g/mol. The van der Waals surface area contributed by atoms with E-state index in [1.807, 2.05) is 48.5 Å². The van der Waals surface area contributed by atoms with Crippen molar-refractivity contribution >= 4 is 21.6 Å². The van der Waals surface area contributed by atoms with Crippen LogP contribution in [0.2, 0.25) is 0 Å². The zero-order valence-electron chi connectivity index (χ0n) is 18.2. The van der Waals surface area contributed by atoms with Crippen molar-refractivity contribution in [3.63, 3.8) is 0 Å². The van der Waals surface area contributed by atoms with Gasteiger partial charge in [0.2, 0.25) is 15.9 Å². The molecule has 7 nitrogen and oxygen atoms in total. The van der Waals surface area contributed by atoms with Crippen molar-refractivity contribution in [3.05, 3.63) is 84.4 Å². The van der Waals surface area contributed by atoms with Gasteiger partial charge in [-0.05, 0) is 49.4 Å². The Balaban J connectivity index is 1.74. The number of benzene rings is 3. The van der Waals surface area contributed by atoms with Crippen LogP contribution in [-0.4, -0.2) is 33.7 Å². The van der Waals surface area contributed by atoms with E-state index < -0.39 is 22.0 Å². The summed E-state index contributed by atoms with van der Waals surface area (Å²) in [4.78, 5) is 12.8. The quantitative estimate of drug-likeness (QED) is 0.529. The lowest BCUT2D eigenvalue weighted by atomic mass is 10.2. The second-order valence-corrected chi connectivity index (χ2v) is 9.03. The number of carbonyl (C=O) groups excluding carboxylic acids is 1. The third-order valence-corrected chi connectivity index (χ3v) is 6.05. The van der Waals surface area contributed by atoms with Crippen LogP contribution in [0.15, 0.2) is 78.9 Å². The minimum Gasteiger partial charge on any atom is -0.496 e. The van der Waals surface area contributed by atoms with E-state index in [0.29, 0.717) is 22.9 Å². The van der Waals surface area contributed by atoms with Gasteiger partial charge in [-0.3, -0.25) is 9.10 Å². The summed E-state index contributed by atoms with van der Waals surface area (Å²) in [6, 6.07) is 22.2. The van der Waals surface area contributed by atoms with Crippen molar-refractivity contribution in [1.82, 2.24) is 5.32 Å². The van der Waals surface area contributed by atoms with Crippen LogP contribution in [0.1, 0.15) is 12.5 Å². The predicted molar refractivity (Wildman–Crippen MR) is 125 cm³/mol. The van der Waals surface area contributed by atoms with Gasteiger partial charge in [-0.2, -0.15) is 0 Å². The first-order valence-electron chi connectivity index (χ1n) is 10.0. The second kappa shape index (κ2) is 10.2. The van der Waals surface area contributed by atoms with Gasteiger partial charge in [0.25, 0.3) is 0 Å². The highest BCUT2D eigenvalue weighted by molar-refractivity contribution is 7.92. The van der Waals surface area contributed by atoms with E-state index in [4.69, 9.17) is 9.47 Å². The van der Waals surface area contributed by atoms with E-state index in [2.05, 4.69) is 5.32 Å². The summed E-state index contributed by atoms with van der Waals surface area (Å²) in [5.74, 6) is 1.45. The molecule has 0 unspecified atom stereocenters. The van der Waals surface area contributed by atoms with Crippen molar-refractivity contribution in [1.29, 1.82) is 0 Å². The van der Waals surface area contributed by atoms with Gasteiger partial charge >= 0.3 is 0 Å². The van der Waals surface area contributed by atoms with E-state index >= 15 is 0 Å². The lowest BCUT2D eigenvalue weighted by Gasteiger charge is -2.28. The number of para-hydroxylation sites is 2. The summed E-state index contributed by atoms with van der Waals surface area (Å²) in [7, 11) is -2.17. The number of rotatable bonds is 9. The molecule has 0 fully saturated rings. The normalized spacial score (nSPS) is 12.0. The highest BCUT2D eigenvalue weighted by Crippen LogP contribution is 2.27. The third kappa shape index (κ3) is 5.79. The summed E-state index contributed by atoms with van der Waals surface area (Å²) < 4.78 is 37.2. The van der Waals surface area contributed by atoms with Gasteiger partial charge < -0.3 is 14.8 Å². The molecule has 3 rings (SSSR count). The molecule has 0 radical (unpaired) electrons. The third-order valence-electron chi connectivity index (χ3n) is 4.80. The molecule has 1 atom stereocenters. The zero-order chi connectivity index (χ0) is 23.1. The Labute approximate surface area is 188 Å². The number of sulfonamides is 1. The molecule has 168 valence electrons. The smallest absolute Gasteiger partial charge is 0.243 e. The van der Waals surface area contributed by atoms with E-state index in [1.54, 1.807) is 44.4 Å². The number of carbonyl (C=O) groups is 1. The van der Waals surface area contributed by atoms with Crippen molar-refractivity contribution < 1.29 is 22.7 Å². The summed E-state index contributed by atoms with van der Waals surface area (Å²) in [5.41, 5.74) is 1.16. The zero-order valence-corrected chi connectivity index (χ0v) is 19.0. The van der Waals surface area contributed by atoms with Crippen LogP contribution in [-0.2, 0) is 21.4 Å². The molecule has 0 bridgehead atoms. The van der Waals surface area contributed by atoms with Gasteiger partial charge in [-0.25, -0.2) is 8.42 Å². The highest BCUT2D eigenvalue weighted by Gasteiger charge is 2.29. The van der Waals surface area contributed by atoms with Crippen LogP contribution in [0, 0.1) is 0 Å². The molecular formula is C24H26N2O5S. The first-order valence-corrected chi connectivity index (χ1v) is 11.9. The SMILES string of the molecule is COc1ccccc1CNC(=O)[C@@H](C)N(c1ccc(Oc2ccccc2)cc1)S(C)(=O)=O. The highest BCUT2D eigenvalue weighted by atomic mass is 32.2. The number of ether oxygens (including phenoxy) is 2. The number of hydrogen-bond acceptors (Lipinski definition) is 5. The van der Waals surface area contributed by atoms with Crippen LogP contribution >= 0.6 is 0 Å². The van der Waals surface area contributed by atoms with Gasteiger partial charge in [0.15, 0.2) is 0 Å². The predicted octanol–water partition coefficient (Wildman–Crippen LogP) is 3.96. The second-order valence-electron chi connectivity index (χ2n) is 7.17. The fraction of sp³-hybridized carbons (Fsp3) is 0.208. The molecule has 1 N–H and O–H groups in total.